The van der Waals surface area contributed by atoms with E-state index < -0.39 is 6.04 Å². The number of carbonyl (C=O) groups excluding carboxylic acids is 1. The molecule has 4 nitrogen and oxygen atoms in total. The molecule has 0 aliphatic rings. The molecule has 0 heterocycles. The number of hydrogen-bond acceptors (Lipinski definition) is 3. The molecule has 4 heteroatoms. The van der Waals surface area contributed by atoms with Gasteiger partial charge in [0.15, 0.2) is 0 Å². The highest BCUT2D eigenvalue weighted by molar-refractivity contribution is 5.94. The van der Waals surface area contributed by atoms with Crippen LogP contribution in [0.4, 0.5) is 5.69 Å². The maximum atomic E-state index is 11.9. The normalized spacial score (nSPS) is 13.8. The van der Waals surface area contributed by atoms with E-state index in [9.17, 15) is 4.79 Å². The van der Waals surface area contributed by atoms with Gasteiger partial charge < -0.3 is 15.8 Å². The molecule has 1 rings (SSSR count). The van der Waals surface area contributed by atoms with E-state index >= 15 is 0 Å². The summed E-state index contributed by atoms with van der Waals surface area (Å²) in [4.78, 5) is 11.9. The summed E-state index contributed by atoms with van der Waals surface area (Å²) in [6, 6.07) is 7.49. The fourth-order valence-corrected chi connectivity index (χ4v) is 1.94. The number of hydrogen-bond donors (Lipinski definition) is 2. The zero-order valence-corrected chi connectivity index (χ0v) is 12.7. The highest BCUT2D eigenvalue weighted by Crippen LogP contribution is 2.20. The Balaban J connectivity index is 2.49. The van der Waals surface area contributed by atoms with E-state index in [2.05, 4.69) is 31.3 Å². The Morgan fingerprint density at radius 3 is 2.55 bits per heavy atom. The third-order valence-corrected chi connectivity index (χ3v) is 3.56. The van der Waals surface area contributed by atoms with Crippen LogP contribution in [0.1, 0.15) is 44.6 Å². The van der Waals surface area contributed by atoms with Crippen LogP contribution in [0, 0.1) is 0 Å². The lowest BCUT2D eigenvalue weighted by atomic mass is 9.98. The summed E-state index contributed by atoms with van der Waals surface area (Å²) in [6.07, 6.45) is 2.53. The van der Waals surface area contributed by atoms with E-state index in [1.54, 1.807) is 7.11 Å². The molecule has 0 fully saturated rings. The summed E-state index contributed by atoms with van der Waals surface area (Å²) in [5.41, 5.74) is 7.92. The molecule has 20 heavy (non-hydrogen) atoms. The van der Waals surface area contributed by atoms with Crippen molar-refractivity contribution in [2.24, 2.45) is 5.73 Å². The number of anilines is 1. The maximum Gasteiger partial charge on any atom is 0.241 e. The van der Waals surface area contributed by atoms with Crippen molar-refractivity contribution in [3.63, 3.8) is 0 Å². The second-order valence-corrected chi connectivity index (χ2v) is 5.16. The van der Waals surface area contributed by atoms with Crippen LogP contribution in [0.15, 0.2) is 24.3 Å². The summed E-state index contributed by atoms with van der Waals surface area (Å²) in [5.74, 6) is 0.397. The standard InChI is InChI=1S/C16H26N2O2/c1-4-12(2)13-7-9-14(10-8-13)18-16(19)15(17)6-5-11-20-3/h7-10,12,15H,4-6,11,17H2,1-3H3,(H,18,19). The first kappa shape index (κ1) is 16.7. The van der Waals surface area contributed by atoms with Gasteiger partial charge in [0.1, 0.15) is 0 Å². The molecule has 0 saturated heterocycles. The topological polar surface area (TPSA) is 64.4 Å². The van der Waals surface area contributed by atoms with Gasteiger partial charge in [0.25, 0.3) is 0 Å². The van der Waals surface area contributed by atoms with Crippen molar-refractivity contribution in [3.05, 3.63) is 29.8 Å². The molecular weight excluding hydrogens is 252 g/mol. The van der Waals surface area contributed by atoms with Gasteiger partial charge in [0.2, 0.25) is 5.91 Å². The van der Waals surface area contributed by atoms with Crippen molar-refractivity contribution in [1.82, 2.24) is 0 Å². The largest absolute Gasteiger partial charge is 0.385 e. The molecule has 0 saturated carbocycles. The lowest BCUT2D eigenvalue weighted by Gasteiger charge is -2.13. The maximum absolute atomic E-state index is 11.9. The van der Waals surface area contributed by atoms with Gasteiger partial charge in [-0.25, -0.2) is 0 Å². The predicted octanol–water partition coefficient (Wildman–Crippen LogP) is 2.89. The Kier molecular flexibility index (Phi) is 7.26. The minimum atomic E-state index is -0.487. The third-order valence-electron chi connectivity index (χ3n) is 3.56. The Morgan fingerprint density at radius 1 is 1.35 bits per heavy atom. The number of methoxy groups -OCH3 is 1. The quantitative estimate of drug-likeness (QED) is 0.719. The molecule has 0 aromatic heterocycles. The molecule has 3 N–H and O–H groups in total. The van der Waals surface area contributed by atoms with Gasteiger partial charge in [-0.05, 0) is 42.9 Å². The fraction of sp³-hybridized carbons (Fsp3) is 0.562. The molecule has 0 aliphatic heterocycles. The zero-order valence-electron chi connectivity index (χ0n) is 12.7. The second-order valence-electron chi connectivity index (χ2n) is 5.16. The van der Waals surface area contributed by atoms with Crippen molar-refractivity contribution in [1.29, 1.82) is 0 Å². The Hall–Kier alpha value is -1.39. The number of amides is 1. The minimum absolute atomic E-state index is 0.141. The fourth-order valence-electron chi connectivity index (χ4n) is 1.94. The number of ether oxygens (including phenoxy) is 1. The van der Waals surface area contributed by atoms with Gasteiger partial charge in [-0.1, -0.05) is 26.0 Å². The summed E-state index contributed by atoms with van der Waals surface area (Å²) in [6.45, 7) is 4.99. The minimum Gasteiger partial charge on any atom is -0.385 e. The van der Waals surface area contributed by atoms with Gasteiger partial charge >= 0.3 is 0 Å². The first-order valence-electron chi connectivity index (χ1n) is 7.23. The van der Waals surface area contributed by atoms with Crippen molar-refractivity contribution >= 4 is 11.6 Å². The van der Waals surface area contributed by atoms with Crippen LogP contribution in [0.2, 0.25) is 0 Å². The van der Waals surface area contributed by atoms with E-state index in [1.165, 1.54) is 5.56 Å². The Bertz CT molecular complexity index is 403. The van der Waals surface area contributed by atoms with E-state index in [1.807, 2.05) is 12.1 Å². The van der Waals surface area contributed by atoms with E-state index in [4.69, 9.17) is 10.5 Å². The van der Waals surface area contributed by atoms with Crippen LogP contribution in [0.5, 0.6) is 0 Å². The molecule has 1 amide bonds. The number of nitrogens with two attached hydrogens (primary N) is 1. The van der Waals surface area contributed by atoms with Crippen LogP contribution in [-0.2, 0) is 9.53 Å². The number of rotatable bonds is 8. The van der Waals surface area contributed by atoms with Crippen LogP contribution < -0.4 is 11.1 Å². The lowest BCUT2D eigenvalue weighted by molar-refractivity contribution is -0.117. The molecular formula is C16H26N2O2. The van der Waals surface area contributed by atoms with Crippen LogP contribution in [-0.4, -0.2) is 25.7 Å². The molecule has 0 aliphatic carbocycles. The molecule has 1 aromatic carbocycles. The highest BCUT2D eigenvalue weighted by Gasteiger charge is 2.13. The van der Waals surface area contributed by atoms with Crippen molar-refractivity contribution < 1.29 is 9.53 Å². The summed E-state index contributed by atoms with van der Waals surface area (Å²) in [5, 5.41) is 2.85. The molecule has 1 aromatic rings. The molecule has 0 radical (unpaired) electrons. The van der Waals surface area contributed by atoms with Gasteiger partial charge in [0.05, 0.1) is 6.04 Å². The summed E-state index contributed by atoms with van der Waals surface area (Å²) >= 11 is 0. The van der Waals surface area contributed by atoms with Crippen LogP contribution >= 0.6 is 0 Å². The molecule has 2 atom stereocenters. The van der Waals surface area contributed by atoms with Crippen molar-refractivity contribution in [2.45, 2.75) is 45.1 Å². The number of benzene rings is 1. The van der Waals surface area contributed by atoms with Crippen LogP contribution in [0.3, 0.4) is 0 Å². The van der Waals surface area contributed by atoms with Gasteiger partial charge in [-0.15, -0.1) is 0 Å². The van der Waals surface area contributed by atoms with Gasteiger partial charge in [-0.2, -0.15) is 0 Å². The molecule has 2 unspecified atom stereocenters. The highest BCUT2D eigenvalue weighted by atomic mass is 16.5. The van der Waals surface area contributed by atoms with E-state index in [-0.39, 0.29) is 5.91 Å². The zero-order chi connectivity index (χ0) is 15.0. The van der Waals surface area contributed by atoms with Crippen molar-refractivity contribution in [3.8, 4) is 0 Å². The number of nitrogens with one attached hydrogen (secondary N) is 1. The summed E-state index contributed by atoms with van der Waals surface area (Å²) in [7, 11) is 1.64. The predicted molar refractivity (Wildman–Crippen MR) is 82.9 cm³/mol. The molecule has 0 bridgehead atoms. The lowest BCUT2D eigenvalue weighted by Crippen LogP contribution is -2.35. The average Bonchev–Trinajstić information content (AvgIpc) is 2.47. The average molecular weight is 278 g/mol. The number of carbonyl (C=O) groups is 1. The van der Waals surface area contributed by atoms with E-state index in [0.29, 0.717) is 18.9 Å². The SMILES string of the molecule is CCC(C)c1ccc(NC(=O)C(N)CCCOC)cc1. The van der Waals surface area contributed by atoms with Gasteiger partial charge in [-0.3, -0.25) is 4.79 Å². The van der Waals surface area contributed by atoms with Gasteiger partial charge in [0, 0.05) is 19.4 Å². The Labute approximate surface area is 121 Å². The molecule has 0 spiro atoms. The van der Waals surface area contributed by atoms with E-state index in [0.717, 1.165) is 18.5 Å². The first-order valence-corrected chi connectivity index (χ1v) is 7.23. The summed E-state index contributed by atoms with van der Waals surface area (Å²) < 4.78 is 4.95. The van der Waals surface area contributed by atoms with Crippen molar-refractivity contribution in [2.75, 3.05) is 19.0 Å². The third kappa shape index (κ3) is 5.31. The first-order chi connectivity index (χ1) is 9.58. The Morgan fingerprint density at radius 2 is 2.00 bits per heavy atom. The monoisotopic (exact) mass is 278 g/mol. The van der Waals surface area contributed by atoms with Crippen LogP contribution in [0.25, 0.3) is 0 Å². The smallest absolute Gasteiger partial charge is 0.241 e. The molecule has 112 valence electrons. The second kappa shape index (κ2) is 8.72.